The normalized spacial score (nSPS) is 30.6. The number of likely N-dealkylation sites (N-methyl/N-ethyl adjacent to an activating group) is 1. The van der Waals surface area contributed by atoms with Gasteiger partial charge in [0.15, 0.2) is 0 Å². The van der Waals surface area contributed by atoms with E-state index in [1.165, 1.54) is 31.7 Å². The van der Waals surface area contributed by atoms with E-state index in [0.29, 0.717) is 12.0 Å². The van der Waals surface area contributed by atoms with Crippen LogP contribution in [0.15, 0.2) is 22.7 Å². The van der Waals surface area contributed by atoms with Crippen LogP contribution in [0.25, 0.3) is 0 Å². The molecule has 2 bridgehead atoms. The molecule has 4 heteroatoms. The molecule has 2 aliphatic heterocycles. The zero-order valence-corrected chi connectivity index (χ0v) is 14.4. The van der Waals surface area contributed by atoms with Crippen LogP contribution >= 0.6 is 15.9 Å². The van der Waals surface area contributed by atoms with Gasteiger partial charge in [-0.05, 0) is 75.9 Å². The van der Waals surface area contributed by atoms with E-state index in [9.17, 15) is 4.39 Å². The molecular formula is C17H24BrFN2. The molecule has 3 atom stereocenters. The van der Waals surface area contributed by atoms with Crippen molar-refractivity contribution in [1.82, 2.24) is 10.2 Å². The van der Waals surface area contributed by atoms with Gasteiger partial charge < -0.3 is 10.2 Å². The first-order valence-electron chi connectivity index (χ1n) is 7.91. The zero-order valence-electron chi connectivity index (χ0n) is 12.8. The van der Waals surface area contributed by atoms with Crippen molar-refractivity contribution < 1.29 is 4.39 Å². The third-order valence-corrected chi connectivity index (χ3v) is 5.91. The molecule has 2 saturated heterocycles. The minimum atomic E-state index is -0.155. The molecule has 3 rings (SSSR count). The van der Waals surface area contributed by atoms with Gasteiger partial charge in [-0.1, -0.05) is 15.9 Å². The fourth-order valence-corrected chi connectivity index (χ4v) is 4.78. The van der Waals surface area contributed by atoms with Crippen molar-refractivity contribution in [1.29, 1.82) is 0 Å². The number of hydrogen-bond acceptors (Lipinski definition) is 2. The molecular weight excluding hydrogens is 331 g/mol. The first-order valence-corrected chi connectivity index (χ1v) is 8.70. The Kier molecular flexibility index (Phi) is 4.67. The number of nitrogens with one attached hydrogen (secondary N) is 1. The van der Waals surface area contributed by atoms with Gasteiger partial charge in [0.1, 0.15) is 5.82 Å². The van der Waals surface area contributed by atoms with Gasteiger partial charge in [0.2, 0.25) is 0 Å². The third-order valence-electron chi connectivity index (χ3n) is 5.45. The summed E-state index contributed by atoms with van der Waals surface area (Å²) >= 11 is 3.39. The summed E-state index contributed by atoms with van der Waals surface area (Å²) in [6.07, 6.45) is 6.14. The molecule has 3 unspecified atom stereocenters. The molecule has 0 amide bonds. The first-order chi connectivity index (χ1) is 10.1. The van der Waals surface area contributed by atoms with E-state index in [2.05, 4.69) is 33.2 Å². The average molecular weight is 355 g/mol. The minimum absolute atomic E-state index is 0.155. The van der Waals surface area contributed by atoms with Crippen LogP contribution in [0, 0.1) is 11.7 Å². The summed E-state index contributed by atoms with van der Waals surface area (Å²) < 4.78 is 14.4. The lowest BCUT2D eigenvalue weighted by Gasteiger charge is -2.40. The molecule has 0 aliphatic carbocycles. The van der Waals surface area contributed by atoms with E-state index >= 15 is 0 Å². The average Bonchev–Trinajstić information content (AvgIpc) is 2.65. The van der Waals surface area contributed by atoms with Crippen molar-refractivity contribution in [2.24, 2.45) is 5.92 Å². The van der Waals surface area contributed by atoms with Crippen molar-refractivity contribution >= 4 is 15.9 Å². The number of hydrogen-bond donors (Lipinski definition) is 1. The lowest BCUT2D eigenvalue weighted by atomic mass is 9.82. The molecule has 2 heterocycles. The van der Waals surface area contributed by atoms with Gasteiger partial charge in [0, 0.05) is 22.6 Å². The number of benzene rings is 1. The maximum Gasteiger partial charge on any atom is 0.124 e. The molecule has 0 radical (unpaired) electrons. The molecule has 1 N–H and O–H groups in total. The SMILES string of the molecule is CNC(Cc1cc(F)cc(Br)c1)C1CC2CCC(C1)N2C. The fourth-order valence-electron chi connectivity index (χ4n) is 4.27. The Bertz CT molecular complexity index is 473. The van der Waals surface area contributed by atoms with Crippen LogP contribution in [-0.4, -0.2) is 37.1 Å². The second-order valence-corrected chi connectivity index (χ2v) is 7.57. The smallest absolute Gasteiger partial charge is 0.124 e. The summed E-state index contributed by atoms with van der Waals surface area (Å²) in [6, 6.07) is 7.17. The quantitative estimate of drug-likeness (QED) is 0.888. The van der Waals surface area contributed by atoms with Crippen molar-refractivity contribution in [2.75, 3.05) is 14.1 Å². The molecule has 0 spiro atoms. The number of fused-ring (bicyclic) bond motifs is 2. The van der Waals surface area contributed by atoms with Gasteiger partial charge >= 0.3 is 0 Å². The maximum atomic E-state index is 13.6. The van der Waals surface area contributed by atoms with E-state index in [4.69, 9.17) is 0 Å². The summed E-state index contributed by atoms with van der Waals surface area (Å²) in [6.45, 7) is 0. The molecule has 116 valence electrons. The second kappa shape index (κ2) is 6.35. The monoisotopic (exact) mass is 354 g/mol. The van der Waals surface area contributed by atoms with Gasteiger partial charge in [-0.15, -0.1) is 0 Å². The number of nitrogens with zero attached hydrogens (tertiary/aromatic N) is 1. The van der Waals surface area contributed by atoms with E-state index in [-0.39, 0.29) is 5.82 Å². The summed E-state index contributed by atoms with van der Waals surface area (Å²) in [5.74, 6) is 0.545. The van der Waals surface area contributed by atoms with Crippen molar-refractivity contribution in [2.45, 2.75) is 50.2 Å². The van der Waals surface area contributed by atoms with Crippen LogP contribution in [0.5, 0.6) is 0 Å². The van der Waals surface area contributed by atoms with Crippen molar-refractivity contribution in [3.05, 3.63) is 34.1 Å². The van der Waals surface area contributed by atoms with Crippen LogP contribution in [0.3, 0.4) is 0 Å². The Labute approximate surface area is 135 Å². The Morgan fingerprint density at radius 1 is 1.29 bits per heavy atom. The molecule has 0 saturated carbocycles. The first kappa shape index (κ1) is 15.4. The number of piperidine rings is 1. The Morgan fingerprint density at radius 3 is 2.52 bits per heavy atom. The standard InChI is InChI=1S/C17H24BrFN2/c1-20-17(7-11-5-13(18)10-14(19)6-11)12-8-15-3-4-16(9-12)21(15)2/h5-6,10,12,15-17,20H,3-4,7-9H2,1-2H3. The van der Waals surface area contributed by atoms with Gasteiger partial charge in [-0.25, -0.2) is 4.39 Å². The predicted molar refractivity (Wildman–Crippen MR) is 87.9 cm³/mol. The summed E-state index contributed by atoms with van der Waals surface area (Å²) in [7, 11) is 4.32. The maximum absolute atomic E-state index is 13.6. The molecule has 2 fully saturated rings. The lowest BCUT2D eigenvalue weighted by Crippen LogP contribution is -2.47. The largest absolute Gasteiger partial charge is 0.316 e. The highest BCUT2D eigenvalue weighted by molar-refractivity contribution is 9.10. The third kappa shape index (κ3) is 3.33. The van der Waals surface area contributed by atoms with Gasteiger partial charge in [0.05, 0.1) is 0 Å². The molecule has 0 aromatic heterocycles. The Hall–Kier alpha value is -0.450. The number of rotatable bonds is 4. The minimum Gasteiger partial charge on any atom is -0.316 e. The molecule has 1 aromatic rings. The number of halogens is 2. The van der Waals surface area contributed by atoms with E-state index in [0.717, 1.165) is 28.5 Å². The fraction of sp³-hybridized carbons (Fsp3) is 0.647. The van der Waals surface area contributed by atoms with E-state index in [1.54, 1.807) is 6.07 Å². The highest BCUT2D eigenvalue weighted by atomic mass is 79.9. The van der Waals surface area contributed by atoms with E-state index < -0.39 is 0 Å². The molecule has 2 aliphatic rings. The Balaban J connectivity index is 1.71. The van der Waals surface area contributed by atoms with Gasteiger partial charge in [-0.2, -0.15) is 0 Å². The highest BCUT2D eigenvalue weighted by Crippen LogP contribution is 2.39. The van der Waals surface area contributed by atoms with E-state index in [1.807, 2.05) is 13.1 Å². The van der Waals surface area contributed by atoms with Crippen LogP contribution in [0.2, 0.25) is 0 Å². The van der Waals surface area contributed by atoms with Gasteiger partial charge in [0.25, 0.3) is 0 Å². The van der Waals surface area contributed by atoms with Crippen LogP contribution in [0.4, 0.5) is 4.39 Å². The lowest BCUT2D eigenvalue weighted by molar-refractivity contribution is 0.114. The molecule has 2 nitrogen and oxygen atoms in total. The second-order valence-electron chi connectivity index (χ2n) is 6.66. The topological polar surface area (TPSA) is 15.3 Å². The highest BCUT2D eigenvalue weighted by Gasteiger charge is 2.40. The summed E-state index contributed by atoms with van der Waals surface area (Å²) in [4.78, 5) is 2.57. The zero-order chi connectivity index (χ0) is 15.0. The van der Waals surface area contributed by atoms with Crippen LogP contribution in [0.1, 0.15) is 31.2 Å². The van der Waals surface area contributed by atoms with Crippen molar-refractivity contribution in [3.63, 3.8) is 0 Å². The van der Waals surface area contributed by atoms with Crippen LogP contribution in [-0.2, 0) is 6.42 Å². The summed E-state index contributed by atoms with van der Waals surface area (Å²) in [5.41, 5.74) is 1.08. The summed E-state index contributed by atoms with van der Waals surface area (Å²) in [5, 5.41) is 3.49. The molecule has 1 aromatic carbocycles. The van der Waals surface area contributed by atoms with Crippen molar-refractivity contribution in [3.8, 4) is 0 Å². The predicted octanol–water partition coefficient (Wildman–Crippen LogP) is 3.59. The molecule has 21 heavy (non-hydrogen) atoms. The van der Waals surface area contributed by atoms with Gasteiger partial charge in [-0.3, -0.25) is 0 Å². The van der Waals surface area contributed by atoms with Crippen LogP contribution < -0.4 is 5.32 Å². The Morgan fingerprint density at radius 2 is 1.95 bits per heavy atom.